The van der Waals surface area contributed by atoms with E-state index in [2.05, 4.69) is 0 Å². The Hall–Kier alpha value is -0.130. The van der Waals surface area contributed by atoms with Crippen LogP contribution >= 0.6 is 0 Å². The minimum Gasteiger partial charge on any atom is -0.330 e. The molecular formula is C13H27N2O2S+. The average molecular weight is 275 g/mol. The van der Waals surface area contributed by atoms with Crippen molar-refractivity contribution in [1.29, 1.82) is 0 Å². The molecule has 0 unspecified atom stereocenters. The van der Waals surface area contributed by atoms with Crippen LogP contribution in [0, 0.1) is 0 Å². The van der Waals surface area contributed by atoms with Crippen LogP contribution < -0.4 is 4.90 Å². The Morgan fingerprint density at radius 1 is 1.06 bits per heavy atom. The van der Waals surface area contributed by atoms with E-state index in [0.29, 0.717) is 0 Å². The van der Waals surface area contributed by atoms with Crippen molar-refractivity contribution in [3.05, 3.63) is 0 Å². The summed E-state index contributed by atoms with van der Waals surface area (Å²) >= 11 is 0. The molecule has 0 radical (unpaired) electrons. The number of nitrogens with one attached hydrogen (secondary N) is 1. The van der Waals surface area contributed by atoms with Gasteiger partial charge in [0.15, 0.2) is 0 Å². The first kappa shape index (κ1) is 14.3. The summed E-state index contributed by atoms with van der Waals surface area (Å²) in [6.45, 7) is 5.19. The number of piperazine rings is 1. The summed E-state index contributed by atoms with van der Waals surface area (Å²) in [5.74, 6) is 0.242. The van der Waals surface area contributed by atoms with E-state index in [4.69, 9.17) is 0 Å². The lowest BCUT2D eigenvalue weighted by Gasteiger charge is -2.35. The molecule has 0 aromatic carbocycles. The molecule has 18 heavy (non-hydrogen) atoms. The SMILES string of the molecule is CCS(=O)(=O)N1CC[NH+](C2CCCCCC2)CC1. The van der Waals surface area contributed by atoms with Crippen LogP contribution in [0.4, 0.5) is 0 Å². The number of hydrogen-bond donors (Lipinski definition) is 1. The topological polar surface area (TPSA) is 41.8 Å². The van der Waals surface area contributed by atoms with E-state index in [-0.39, 0.29) is 5.75 Å². The van der Waals surface area contributed by atoms with Gasteiger partial charge in [0.25, 0.3) is 0 Å². The molecule has 2 fully saturated rings. The van der Waals surface area contributed by atoms with Crippen LogP contribution in [0.5, 0.6) is 0 Å². The normalized spacial score (nSPS) is 26.1. The monoisotopic (exact) mass is 275 g/mol. The number of nitrogens with zero attached hydrogens (tertiary/aromatic N) is 1. The third kappa shape index (κ3) is 3.45. The van der Waals surface area contributed by atoms with E-state index in [1.54, 1.807) is 16.1 Å². The molecule has 1 aliphatic carbocycles. The third-order valence-electron chi connectivity index (χ3n) is 4.56. The van der Waals surface area contributed by atoms with Gasteiger partial charge in [-0.3, -0.25) is 0 Å². The first-order valence-corrected chi connectivity index (χ1v) is 9.07. The molecule has 0 atom stereocenters. The molecule has 1 heterocycles. The fourth-order valence-electron chi connectivity index (χ4n) is 3.33. The maximum atomic E-state index is 11.8. The Balaban J connectivity index is 1.86. The van der Waals surface area contributed by atoms with Crippen molar-refractivity contribution in [3.63, 3.8) is 0 Å². The summed E-state index contributed by atoms with van der Waals surface area (Å²) in [5, 5.41) is 0. The predicted molar refractivity (Wildman–Crippen MR) is 73.2 cm³/mol. The minimum absolute atomic E-state index is 0.242. The molecule has 5 heteroatoms. The van der Waals surface area contributed by atoms with Gasteiger partial charge in [-0.1, -0.05) is 12.8 Å². The van der Waals surface area contributed by atoms with Gasteiger partial charge in [0.05, 0.1) is 38.0 Å². The van der Waals surface area contributed by atoms with Crippen LogP contribution in [-0.4, -0.2) is 50.7 Å². The van der Waals surface area contributed by atoms with Crippen LogP contribution in [0.1, 0.15) is 45.4 Å². The van der Waals surface area contributed by atoms with Crippen molar-refractivity contribution in [1.82, 2.24) is 4.31 Å². The molecule has 1 N–H and O–H groups in total. The van der Waals surface area contributed by atoms with Gasteiger partial charge < -0.3 is 4.90 Å². The summed E-state index contributed by atoms with van der Waals surface area (Å²) < 4.78 is 25.3. The zero-order chi connectivity index (χ0) is 13.0. The molecule has 1 saturated heterocycles. The Morgan fingerprint density at radius 2 is 1.61 bits per heavy atom. The van der Waals surface area contributed by atoms with Crippen LogP contribution in [0.2, 0.25) is 0 Å². The van der Waals surface area contributed by atoms with Gasteiger partial charge in [0.2, 0.25) is 10.0 Å². The van der Waals surface area contributed by atoms with Gasteiger partial charge in [-0.2, -0.15) is 4.31 Å². The second-order valence-corrected chi connectivity index (χ2v) is 7.90. The fourth-order valence-corrected chi connectivity index (χ4v) is 4.43. The molecule has 0 aromatic rings. The molecule has 2 aliphatic rings. The Morgan fingerprint density at radius 3 is 2.11 bits per heavy atom. The average Bonchev–Trinajstić information content (AvgIpc) is 2.68. The van der Waals surface area contributed by atoms with Crippen LogP contribution in [0.15, 0.2) is 0 Å². The maximum Gasteiger partial charge on any atom is 0.214 e. The molecule has 1 saturated carbocycles. The summed E-state index contributed by atoms with van der Waals surface area (Å²) in [7, 11) is -2.96. The summed E-state index contributed by atoms with van der Waals surface area (Å²) in [4.78, 5) is 1.65. The molecule has 106 valence electrons. The Bertz CT molecular complexity index is 340. The van der Waals surface area contributed by atoms with Crippen LogP contribution in [0.3, 0.4) is 0 Å². The summed E-state index contributed by atoms with van der Waals surface area (Å²) in [6.07, 6.45) is 8.20. The first-order chi connectivity index (χ1) is 8.63. The maximum absolute atomic E-state index is 11.8. The lowest BCUT2D eigenvalue weighted by molar-refractivity contribution is -0.929. The van der Waals surface area contributed by atoms with Gasteiger partial charge in [0.1, 0.15) is 0 Å². The molecule has 0 spiro atoms. The zero-order valence-electron chi connectivity index (χ0n) is 11.5. The molecule has 0 aromatic heterocycles. The quantitative estimate of drug-likeness (QED) is 0.751. The highest BCUT2D eigenvalue weighted by molar-refractivity contribution is 7.89. The van der Waals surface area contributed by atoms with Crippen molar-refractivity contribution in [3.8, 4) is 0 Å². The van der Waals surface area contributed by atoms with Gasteiger partial charge >= 0.3 is 0 Å². The van der Waals surface area contributed by atoms with E-state index in [1.807, 2.05) is 0 Å². The van der Waals surface area contributed by atoms with Crippen molar-refractivity contribution in [2.45, 2.75) is 51.5 Å². The molecule has 0 bridgehead atoms. The van der Waals surface area contributed by atoms with Gasteiger partial charge in [-0.05, 0) is 32.6 Å². The second-order valence-electron chi connectivity index (χ2n) is 5.65. The Kier molecular flexibility index (Phi) is 5.04. The standard InChI is InChI=1S/C13H26N2O2S/c1-2-18(16,17)15-11-9-14(10-12-15)13-7-5-3-4-6-8-13/h13H,2-12H2,1H3/p+1. The van der Waals surface area contributed by atoms with Gasteiger partial charge in [-0.15, -0.1) is 0 Å². The number of rotatable bonds is 3. The largest absolute Gasteiger partial charge is 0.330 e. The predicted octanol–water partition coefficient (Wildman–Crippen LogP) is 0.259. The van der Waals surface area contributed by atoms with Crippen LogP contribution in [-0.2, 0) is 10.0 Å². The molecule has 2 rings (SSSR count). The number of hydrogen-bond acceptors (Lipinski definition) is 2. The third-order valence-corrected chi connectivity index (χ3v) is 6.44. The van der Waals surface area contributed by atoms with E-state index in [9.17, 15) is 8.42 Å². The smallest absolute Gasteiger partial charge is 0.214 e. The van der Waals surface area contributed by atoms with Gasteiger partial charge in [0, 0.05) is 0 Å². The highest BCUT2D eigenvalue weighted by atomic mass is 32.2. The molecule has 4 nitrogen and oxygen atoms in total. The molecule has 0 amide bonds. The van der Waals surface area contributed by atoms with Crippen molar-refractivity contribution in [2.75, 3.05) is 31.9 Å². The summed E-state index contributed by atoms with van der Waals surface area (Å²) in [5.41, 5.74) is 0. The van der Waals surface area contributed by atoms with E-state index in [0.717, 1.165) is 32.2 Å². The zero-order valence-corrected chi connectivity index (χ0v) is 12.3. The fraction of sp³-hybridized carbons (Fsp3) is 1.00. The lowest BCUT2D eigenvalue weighted by atomic mass is 10.1. The number of quaternary nitrogens is 1. The lowest BCUT2D eigenvalue weighted by Crippen LogP contribution is -3.18. The minimum atomic E-state index is -2.96. The van der Waals surface area contributed by atoms with E-state index >= 15 is 0 Å². The van der Waals surface area contributed by atoms with E-state index < -0.39 is 10.0 Å². The summed E-state index contributed by atoms with van der Waals surface area (Å²) in [6, 6.07) is 0.791. The van der Waals surface area contributed by atoms with Crippen molar-refractivity contribution >= 4 is 10.0 Å². The highest BCUT2D eigenvalue weighted by Gasteiger charge is 2.31. The molecule has 1 aliphatic heterocycles. The second kappa shape index (κ2) is 6.35. The Labute approximate surface area is 111 Å². The van der Waals surface area contributed by atoms with Crippen LogP contribution in [0.25, 0.3) is 0 Å². The molecular weight excluding hydrogens is 248 g/mol. The number of sulfonamides is 1. The van der Waals surface area contributed by atoms with Crippen molar-refractivity contribution in [2.24, 2.45) is 0 Å². The van der Waals surface area contributed by atoms with Gasteiger partial charge in [-0.25, -0.2) is 8.42 Å². The highest BCUT2D eigenvalue weighted by Crippen LogP contribution is 2.15. The van der Waals surface area contributed by atoms with Crippen molar-refractivity contribution < 1.29 is 13.3 Å². The first-order valence-electron chi connectivity index (χ1n) is 7.46. The van der Waals surface area contributed by atoms with E-state index in [1.165, 1.54) is 38.5 Å².